The predicted molar refractivity (Wildman–Crippen MR) is 69.6 cm³/mol. The van der Waals surface area contributed by atoms with Crippen molar-refractivity contribution < 1.29 is 0 Å². The van der Waals surface area contributed by atoms with Gasteiger partial charge in [0.05, 0.1) is 0 Å². The van der Waals surface area contributed by atoms with Crippen LogP contribution >= 0.6 is 0 Å². The summed E-state index contributed by atoms with van der Waals surface area (Å²) in [6.45, 7) is 9.99. The van der Waals surface area contributed by atoms with E-state index in [1.165, 1.54) is 58.3 Å². The third-order valence-electron chi connectivity index (χ3n) is 4.56. The summed E-state index contributed by atoms with van der Waals surface area (Å²) < 4.78 is 0. The molecule has 0 aromatic rings. The highest BCUT2D eigenvalue weighted by molar-refractivity contribution is 4.80. The monoisotopic (exact) mass is 224 g/mol. The van der Waals surface area contributed by atoms with Gasteiger partial charge in [-0.3, -0.25) is 0 Å². The summed E-state index contributed by atoms with van der Waals surface area (Å²) in [5.41, 5.74) is 0. The molecule has 0 radical (unpaired) electrons. The quantitative estimate of drug-likeness (QED) is 0.775. The molecule has 0 saturated carbocycles. The number of hydrogen-bond acceptors (Lipinski definition) is 2. The molecule has 16 heavy (non-hydrogen) atoms. The molecule has 2 heteroatoms. The van der Waals surface area contributed by atoms with Crippen molar-refractivity contribution in [2.75, 3.05) is 26.2 Å². The van der Waals surface area contributed by atoms with Gasteiger partial charge in [0, 0.05) is 19.1 Å². The van der Waals surface area contributed by atoms with Crippen LogP contribution in [0.3, 0.4) is 0 Å². The largest absolute Gasteiger partial charge is 0.313 e. The summed E-state index contributed by atoms with van der Waals surface area (Å²) in [6.07, 6.45) is 7.02. The number of piperidine rings is 1. The first kappa shape index (κ1) is 12.4. The van der Waals surface area contributed by atoms with Crippen molar-refractivity contribution in [3.8, 4) is 0 Å². The second-order valence-corrected chi connectivity index (χ2v) is 6.00. The summed E-state index contributed by atoms with van der Waals surface area (Å²) in [5, 5.41) is 3.71. The van der Waals surface area contributed by atoms with E-state index < -0.39 is 0 Å². The van der Waals surface area contributed by atoms with Crippen LogP contribution in [0.15, 0.2) is 0 Å². The Labute approximate surface area is 101 Å². The molecule has 3 atom stereocenters. The number of nitrogens with one attached hydrogen (secondary N) is 1. The normalized spacial score (nSPS) is 38.2. The minimum Gasteiger partial charge on any atom is -0.313 e. The number of nitrogens with zero attached hydrogens (tertiary/aromatic N) is 1. The van der Waals surface area contributed by atoms with Crippen LogP contribution < -0.4 is 5.32 Å². The molecular weight excluding hydrogens is 196 g/mol. The molecule has 2 aliphatic heterocycles. The average molecular weight is 224 g/mol. The van der Waals surface area contributed by atoms with E-state index in [1.807, 2.05) is 0 Å². The van der Waals surface area contributed by atoms with Crippen molar-refractivity contribution in [3.05, 3.63) is 0 Å². The average Bonchev–Trinajstić information content (AvgIpc) is 2.52. The number of likely N-dealkylation sites (tertiary alicyclic amines) is 1. The van der Waals surface area contributed by atoms with Crippen molar-refractivity contribution in [2.45, 2.75) is 52.0 Å². The van der Waals surface area contributed by atoms with E-state index >= 15 is 0 Å². The molecule has 2 nitrogen and oxygen atoms in total. The standard InChI is InChI=1S/C14H28N2/c1-12-7-9-16(10-13(12)2)11-14-6-4-3-5-8-15-14/h12-15H,3-11H2,1-2H3. The maximum absolute atomic E-state index is 3.71. The summed E-state index contributed by atoms with van der Waals surface area (Å²) in [6, 6.07) is 0.767. The van der Waals surface area contributed by atoms with Crippen LogP contribution in [0.25, 0.3) is 0 Å². The Morgan fingerprint density at radius 1 is 1.06 bits per heavy atom. The zero-order valence-electron chi connectivity index (χ0n) is 11.0. The van der Waals surface area contributed by atoms with Crippen LogP contribution in [0.4, 0.5) is 0 Å². The molecule has 1 N–H and O–H groups in total. The van der Waals surface area contributed by atoms with Crippen LogP contribution in [-0.2, 0) is 0 Å². The first-order valence-electron chi connectivity index (χ1n) is 7.21. The Morgan fingerprint density at radius 3 is 2.75 bits per heavy atom. The van der Waals surface area contributed by atoms with Gasteiger partial charge >= 0.3 is 0 Å². The van der Waals surface area contributed by atoms with Gasteiger partial charge in [0.2, 0.25) is 0 Å². The molecular formula is C14H28N2. The van der Waals surface area contributed by atoms with E-state index in [4.69, 9.17) is 0 Å². The lowest BCUT2D eigenvalue weighted by atomic mass is 9.88. The fourth-order valence-electron chi connectivity index (χ4n) is 3.08. The molecule has 2 heterocycles. The van der Waals surface area contributed by atoms with E-state index in [2.05, 4.69) is 24.1 Å². The van der Waals surface area contributed by atoms with Gasteiger partial charge in [-0.15, -0.1) is 0 Å². The molecule has 94 valence electrons. The lowest BCUT2D eigenvalue weighted by Crippen LogP contribution is -2.46. The van der Waals surface area contributed by atoms with Crippen LogP contribution in [0.2, 0.25) is 0 Å². The predicted octanol–water partition coefficient (Wildman–Crippen LogP) is 2.50. The van der Waals surface area contributed by atoms with Gasteiger partial charge in [-0.1, -0.05) is 26.7 Å². The summed E-state index contributed by atoms with van der Waals surface area (Å²) >= 11 is 0. The molecule has 0 aromatic heterocycles. The topological polar surface area (TPSA) is 15.3 Å². The van der Waals surface area contributed by atoms with Gasteiger partial charge in [0.15, 0.2) is 0 Å². The molecule has 0 spiro atoms. The maximum atomic E-state index is 3.71. The number of hydrogen-bond donors (Lipinski definition) is 1. The molecule has 2 saturated heterocycles. The minimum atomic E-state index is 0.767. The molecule has 2 aliphatic rings. The third kappa shape index (κ3) is 3.46. The Hall–Kier alpha value is -0.0800. The fraction of sp³-hybridized carbons (Fsp3) is 1.00. The summed E-state index contributed by atoms with van der Waals surface area (Å²) in [4.78, 5) is 2.69. The second-order valence-electron chi connectivity index (χ2n) is 6.00. The fourth-order valence-corrected chi connectivity index (χ4v) is 3.08. The van der Waals surface area contributed by atoms with Crippen molar-refractivity contribution in [2.24, 2.45) is 11.8 Å². The summed E-state index contributed by atoms with van der Waals surface area (Å²) in [7, 11) is 0. The van der Waals surface area contributed by atoms with E-state index in [0.717, 1.165) is 17.9 Å². The van der Waals surface area contributed by atoms with Crippen LogP contribution in [0.5, 0.6) is 0 Å². The Morgan fingerprint density at radius 2 is 1.94 bits per heavy atom. The first-order valence-corrected chi connectivity index (χ1v) is 7.21. The summed E-state index contributed by atoms with van der Waals surface area (Å²) in [5.74, 6) is 1.82. The van der Waals surface area contributed by atoms with Crippen LogP contribution in [0.1, 0.15) is 46.0 Å². The van der Waals surface area contributed by atoms with Crippen molar-refractivity contribution in [1.82, 2.24) is 10.2 Å². The molecule has 0 aromatic carbocycles. The SMILES string of the molecule is CC1CCN(CC2CCCCCN2)CC1C. The number of rotatable bonds is 2. The van der Waals surface area contributed by atoms with Crippen molar-refractivity contribution >= 4 is 0 Å². The lowest BCUT2D eigenvalue weighted by Gasteiger charge is -2.37. The Bertz CT molecular complexity index is 197. The van der Waals surface area contributed by atoms with Crippen molar-refractivity contribution in [1.29, 1.82) is 0 Å². The molecule has 3 unspecified atom stereocenters. The van der Waals surface area contributed by atoms with Gasteiger partial charge in [0.1, 0.15) is 0 Å². The van der Waals surface area contributed by atoms with Gasteiger partial charge in [-0.2, -0.15) is 0 Å². The Kier molecular flexibility index (Phi) is 4.66. The van der Waals surface area contributed by atoms with E-state index in [-0.39, 0.29) is 0 Å². The van der Waals surface area contributed by atoms with Crippen molar-refractivity contribution in [3.63, 3.8) is 0 Å². The molecule has 0 bridgehead atoms. The Balaban J connectivity index is 1.75. The van der Waals surface area contributed by atoms with E-state index in [0.29, 0.717) is 0 Å². The maximum Gasteiger partial charge on any atom is 0.0195 e. The first-order chi connectivity index (χ1) is 7.75. The smallest absolute Gasteiger partial charge is 0.0195 e. The highest BCUT2D eigenvalue weighted by Crippen LogP contribution is 2.23. The van der Waals surface area contributed by atoms with E-state index in [1.54, 1.807) is 0 Å². The minimum absolute atomic E-state index is 0.767. The van der Waals surface area contributed by atoms with Gasteiger partial charge in [-0.05, 0) is 44.2 Å². The highest BCUT2D eigenvalue weighted by Gasteiger charge is 2.24. The molecule has 0 aliphatic carbocycles. The molecule has 2 fully saturated rings. The molecule has 0 amide bonds. The second kappa shape index (κ2) is 6.02. The van der Waals surface area contributed by atoms with Gasteiger partial charge in [-0.25, -0.2) is 0 Å². The van der Waals surface area contributed by atoms with E-state index in [9.17, 15) is 0 Å². The lowest BCUT2D eigenvalue weighted by molar-refractivity contribution is 0.126. The van der Waals surface area contributed by atoms with Crippen LogP contribution in [-0.4, -0.2) is 37.1 Å². The zero-order valence-corrected chi connectivity index (χ0v) is 11.0. The van der Waals surface area contributed by atoms with Gasteiger partial charge < -0.3 is 10.2 Å². The third-order valence-corrected chi connectivity index (χ3v) is 4.56. The highest BCUT2D eigenvalue weighted by atomic mass is 15.2. The van der Waals surface area contributed by atoms with Crippen LogP contribution in [0, 0.1) is 11.8 Å². The molecule has 2 rings (SSSR count). The zero-order chi connectivity index (χ0) is 11.4. The van der Waals surface area contributed by atoms with Gasteiger partial charge in [0.25, 0.3) is 0 Å².